The quantitative estimate of drug-likeness (QED) is 0.0379. The molecule has 0 aromatic heterocycles. The monoisotopic (exact) mass is 2040 g/mol. The standard InChI is InChI=1S/C17H20O2.C16H14O4.C16H18O4.C14H14O4S.C14H14O3.C14H14O2.2C12H12O2.C8H10O2/c1-17(2,13-5-9-15(18-3)10-6-13)14-7-11-16(19-4)12-8-14;1-19-9-3-5-11-13(7-9)15(17)12-6-4-10(20-2)8-14(12)16(11)18;1-17-13-3-7-15(8-4-13)19-11-12-20-16-9-5-14(18-2)6-10-16;1-17-11-3-7-13(8-4-11)19(15,16)14-9-5-12(18-2)6-10-14;1-15-11-3-7-13(8-4-11)17-14-9-5-12(16-2)6-10-14;1-15-13-7-3-11(4-8-13)12-5-9-14(16-2)10-6-12;1-13-11-5-3-10-8-12(14-2)6-4-9(10)7-11;1-13-11-5-3-9-4-6-12(14-2)8-10(9)7-11;1-9-7-3-5-8(10-2)6-4-7/h5-12H,1-4H3;3-8,11,13H,1-2H3;3-10H,11-12H2,1-2H3;3-10H,1-2H3;3-10H,1-2H3;3-10H,1-2H3;2*3-8H,1-2H3;3-6H,1-2H3. The molecule has 16 aromatic rings. The highest BCUT2D eigenvalue weighted by Gasteiger charge is 2.41. The SMILES string of the molecule is COC1=CC2C(=O)c3ccc(OC)cc3C(=O)C2C=C1.COc1ccc(-c2ccc(OC)cc2)cc1.COc1ccc(C(C)(C)c2ccc(OC)cc2)cc1.COc1ccc(OC)cc1.COc1ccc(OCCOc2ccc(OC)cc2)cc1.COc1ccc(Oc2ccc(OC)cc2)cc1.COc1ccc(S(=O)(=O)c2ccc(OC)cc2)cc1.COc1ccc2cc(OC)ccc2c1.COc1ccc2ccc(OC)cc2c1. The third-order valence-corrected chi connectivity index (χ3v) is 25.4. The molecule has 0 fully saturated rings. The van der Waals surface area contributed by atoms with Crippen LogP contribution < -0.4 is 94.7 Å². The average molecular weight is 2040 g/mol. The molecule has 0 radical (unpaired) electrons. The molecule has 25 nitrogen and oxygen atoms in total. The molecule has 16 aromatic carbocycles. The van der Waals surface area contributed by atoms with Crippen molar-refractivity contribution in [2.45, 2.75) is 29.1 Å². The smallest absolute Gasteiger partial charge is 0.206 e. The average Bonchev–Trinajstić information content (AvgIpc) is 0.753. The molecule has 0 saturated heterocycles. The Bertz CT molecular complexity index is 6620. The van der Waals surface area contributed by atoms with Gasteiger partial charge in [-0.2, -0.15) is 0 Å². The van der Waals surface area contributed by atoms with Crippen LogP contribution in [0.1, 0.15) is 45.7 Å². The van der Waals surface area contributed by atoms with Gasteiger partial charge in [0.25, 0.3) is 0 Å². The number of carbonyl (C=O) groups is 2. The first-order chi connectivity index (χ1) is 72.3. The van der Waals surface area contributed by atoms with Crippen LogP contribution in [0.4, 0.5) is 0 Å². The van der Waals surface area contributed by atoms with Gasteiger partial charge in [-0.3, -0.25) is 9.59 Å². The number of ketones is 2. The van der Waals surface area contributed by atoms with Gasteiger partial charge in [0.15, 0.2) is 11.6 Å². The number of allylic oxidation sites excluding steroid dienone is 3. The van der Waals surface area contributed by atoms with Gasteiger partial charge >= 0.3 is 0 Å². The number of methoxy groups -OCH3 is 18. The van der Waals surface area contributed by atoms with E-state index in [0.29, 0.717) is 47.3 Å². The fourth-order valence-electron chi connectivity index (χ4n) is 14.8. The number of hydrogen-bond acceptors (Lipinski definition) is 25. The van der Waals surface area contributed by atoms with Gasteiger partial charge in [-0.05, 0) is 341 Å². The van der Waals surface area contributed by atoms with Crippen molar-refractivity contribution in [3.8, 4) is 132 Å². The van der Waals surface area contributed by atoms with Crippen molar-refractivity contribution in [3.05, 3.63) is 404 Å². The molecule has 0 heterocycles. The molecule has 0 N–H and O–H groups in total. The van der Waals surface area contributed by atoms with Gasteiger partial charge in [0, 0.05) is 16.5 Å². The van der Waals surface area contributed by atoms with E-state index >= 15 is 0 Å². The summed E-state index contributed by atoms with van der Waals surface area (Å²) in [5.74, 6) is 16.5. The van der Waals surface area contributed by atoms with Crippen molar-refractivity contribution < 1.29 is 117 Å². The normalized spacial score (nSPS) is 12.0. The molecule has 0 amide bonds. The maximum Gasteiger partial charge on any atom is 0.206 e. The first-order valence-corrected chi connectivity index (χ1v) is 48.5. The number of ether oxygens (including phenoxy) is 21. The predicted molar refractivity (Wildman–Crippen MR) is 584 cm³/mol. The van der Waals surface area contributed by atoms with Gasteiger partial charge in [-0.1, -0.05) is 92.7 Å². The summed E-state index contributed by atoms with van der Waals surface area (Å²) in [5.41, 5.74) is 5.72. The summed E-state index contributed by atoms with van der Waals surface area (Å²) in [6.45, 7) is 5.41. The number of fused-ring (bicyclic) bond motifs is 4. The fourth-order valence-corrected chi connectivity index (χ4v) is 16.1. The number of carbonyl (C=O) groups excluding carboxylic acids is 2. The molecule has 2 unspecified atom stereocenters. The molecule has 149 heavy (non-hydrogen) atoms. The van der Waals surface area contributed by atoms with Crippen molar-refractivity contribution in [2.75, 3.05) is 141 Å². The van der Waals surface area contributed by atoms with Crippen LogP contribution in [0.25, 0.3) is 32.7 Å². The summed E-state index contributed by atoms with van der Waals surface area (Å²) in [4.78, 5) is 25.5. The van der Waals surface area contributed by atoms with Crippen LogP contribution in [0.15, 0.2) is 392 Å². The van der Waals surface area contributed by atoms with Crippen LogP contribution >= 0.6 is 0 Å². The van der Waals surface area contributed by atoms with Crippen LogP contribution in [0.3, 0.4) is 0 Å². The Labute approximate surface area is 873 Å². The van der Waals surface area contributed by atoms with Crippen LogP contribution in [0.5, 0.6) is 121 Å². The Kier molecular flexibility index (Phi) is 44.6. The van der Waals surface area contributed by atoms with E-state index in [9.17, 15) is 18.0 Å². The summed E-state index contributed by atoms with van der Waals surface area (Å²) >= 11 is 0. The zero-order valence-electron chi connectivity index (χ0n) is 87.5. The molecule has 2 aliphatic carbocycles. The summed E-state index contributed by atoms with van der Waals surface area (Å²) in [6, 6.07) is 111. The van der Waals surface area contributed by atoms with E-state index in [1.54, 1.807) is 167 Å². The Morgan fingerprint density at radius 1 is 0.221 bits per heavy atom. The van der Waals surface area contributed by atoms with Gasteiger partial charge in [0.1, 0.15) is 140 Å². The van der Waals surface area contributed by atoms with E-state index in [1.807, 2.05) is 267 Å². The molecule has 2 aliphatic rings. The molecule has 0 saturated carbocycles. The second-order valence-electron chi connectivity index (χ2n) is 32.8. The number of sulfone groups is 1. The molecule has 26 heteroatoms. The maximum absolute atomic E-state index is 12.5. The number of benzene rings is 16. The fraction of sp³-hybridized carbons (Fsp3) is 0.203. The van der Waals surface area contributed by atoms with Crippen molar-refractivity contribution >= 4 is 42.9 Å². The first kappa shape index (κ1) is 114. The minimum absolute atomic E-state index is 0.0431. The molecule has 776 valence electrons. The zero-order chi connectivity index (χ0) is 107. The van der Waals surface area contributed by atoms with Gasteiger partial charge in [0.05, 0.1) is 150 Å². The number of hydrogen-bond donors (Lipinski definition) is 0. The highest BCUT2D eigenvalue weighted by Crippen LogP contribution is 2.40. The lowest BCUT2D eigenvalue weighted by Crippen LogP contribution is -2.35. The molecule has 0 aliphatic heterocycles. The molecular formula is C123H128O25S. The Hall–Kier alpha value is -17.4. The van der Waals surface area contributed by atoms with Crippen LogP contribution in [-0.4, -0.2) is 161 Å². The largest absolute Gasteiger partial charge is 0.497 e. The molecule has 2 atom stereocenters. The minimum Gasteiger partial charge on any atom is -0.497 e. The lowest BCUT2D eigenvalue weighted by molar-refractivity contribution is 0.0796. The van der Waals surface area contributed by atoms with Gasteiger partial charge < -0.3 is 99.5 Å². The Balaban J connectivity index is 0.000000172. The molecular weight excluding hydrogens is 1910 g/mol. The van der Waals surface area contributed by atoms with E-state index < -0.39 is 21.7 Å². The van der Waals surface area contributed by atoms with Gasteiger partial charge in [0.2, 0.25) is 9.84 Å². The van der Waals surface area contributed by atoms with Gasteiger partial charge in [-0.15, -0.1) is 0 Å². The molecule has 0 bridgehead atoms. The van der Waals surface area contributed by atoms with Gasteiger partial charge in [-0.25, -0.2) is 8.42 Å². The van der Waals surface area contributed by atoms with Crippen molar-refractivity contribution in [1.82, 2.24) is 0 Å². The number of Topliss-reactive ketones (excluding diaryl/α,β-unsaturated/α-hetero) is 2. The van der Waals surface area contributed by atoms with Crippen LogP contribution in [-0.2, 0) is 20.0 Å². The summed E-state index contributed by atoms with van der Waals surface area (Å²) in [7, 11) is 25.9. The van der Waals surface area contributed by atoms with Crippen molar-refractivity contribution in [3.63, 3.8) is 0 Å². The molecule has 18 rings (SSSR count). The topological polar surface area (TPSA) is 262 Å². The zero-order valence-corrected chi connectivity index (χ0v) is 88.3. The van der Waals surface area contributed by atoms with Crippen LogP contribution in [0, 0.1) is 11.8 Å². The maximum atomic E-state index is 12.5. The summed E-state index contributed by atoms with van der Waals surface area (Å²) in [5, 5.41) is 4.63. The third kappa shape index (κ3) is 33.6. The van der Waals surface area contributed by atoms with Crippen molar-refractivity contribution in [2.24, 2.45) is 11.8 Å². The Morgan fingerprint density at radius 3 is 0.738 bits per heavy atom. The highest BCUT2D eigenvalue weighted by atomic mass is 32.2. The Morgan fingerprint density at radius 2 is 0.450 bits per heavy atom. The summed E-state index contributed by atoms with van der Waals surface area (Å²) in [6.07, 6.45) is 5.20. The lowest BCUT2D eigenvalue weighted by Gasteiger charge is -2.29. The summed E-state index contributed by atoms with van der Waals surface area (Å²) < 4.78 is 133. The predicted octanol–water partition coefficient (Wildman–Crippen LogP) is 26.4. The lowest BCUT2D eigenvalue weighted by atomic mass is 9.72. The van der Waals surface area contributed by atoms with Crippen LogP contribution in [0.2, 0.25) is 0 Å². The third-order valence-electron chi connectivity index (χ3n) is 23.6. The van der Waals surface area contributed by atoms with E-state index in [2.05, 4.69) is 38.1 Å². The van der Waals surface area contributed by atoms with E-state index in [0.717, 1.165) is 120 Å². The second-order valence-corrected chi connectivity index (χ2v) is 34.7. The minimum atomic E-state index is -3.50. The highest BCUT2D eigenvalue weighted by molar-refractivity contribution is 7.91. The van der Waals surface area contributed by atoms with E-state index in [-0.39, 0.29) is 26.8 Å². The second kappa shape index (κ2) is 58.5. The van der Waals surface area contributed by atoms with Crippen molar-refractivity contribution in [1.29, 1.82) is 0 Å². The number of rotatable bonds is 30. The van der Waals surface area contributed by atoms with E-state index in [4.69, 9.17) is 99.5 Å². The first-order valence-electron chi connectivity index (χ1n) is 47.0. The molecule has 0 spiro atoms. The van der Waals surface area contributed by atoms with E-state index in [1.165, 1.54) is 73.2 Å².